The highest BCUT2D eigenvalue weighted by Crippen LogP contribution is 2.27. The zero-order valence-electron chi connectivity index (χ0n) is 12.8. The average Bonchev–Trinajstić information content (AvgIpc) is 2.91. The molecule has 6 nitrogen and oxygen atoms in total. The number of benzene rings is 1. The lowest BCUT2D eigenvalue weighted by Crippen LogP contribution is -2.49. The largest absolute Gasteiger partial charge is 0.450 e. The molecule has 23 heavy (non-hydrogen) atoms. The number of hydrogen-bond donors (Lipinski definition) is 0. The number of aromatic nitrogens is 2. The van der Waals surface area contributed by atoms with Gasteiger partial charge in [0, 0.05) is 26.2 Å². The molecule has 1 aliphatic rings. The third-order valence-corrected chi connectivity index (χ3v) is 4.64. The summed E-state index contributed by atoms with van der Waals surface area (Å²) in [6.07, 6.45) is 1.55. The molecule has 8 heteroatoms. The van der Waals surface area contributed by atoms with Crippen LogP contribution in [0.15, 0.2) is 18.5 Å². The molecule has 2 heterocycles. The molecule has 0 saturated carbocycles. The van der Waals surface area contributed by atoms with Gasteiger partial charge in [-0.05, 0) is 19.1 Å². The van der Waals surface area contributed by atoms with Gasteiger partial charge in [-0.3, -0.25) is 4.90 Å². The Morgan fingerprint density at radius 2 is 1.91 bits per heavy atom. The Morgan fingerprint density at radius 1 is 1.22 bits per heavy atom. The van der Waals surface area contributed by atoms with Crippen LogP contribution >= 0.6 is 23.2 Å². The topological polar surface area (TPSA) is 50.6 Å². The minimum absolute atomic E-state index is 0.235. The van der Waals surface area contributed by atoms with Crippen molar-refractivity contribution in [1.29, 1.82) is 0 Å². The third-order valence-electron chi connectivity index (χ3n) is 3.91. The molecule has 0 N–H and O–H groups in total. The summed E-state index contributed by atoms with van der Waals surface area (Å²) in [5.41, 5.74) is 1.77. The van der Waals surface area contributed by atoms with Gasteiger partial charge in [-0.25, -0.2) is 9.78 Å². The van der Waals surface area contributed by atoms with Crippen LogP contribution in [0.3, 0.4) is 0 Å². The number of rotatable bonds is 3. The maximum Gasteiger partial charge on any atom is 0.409 e. The predicted molar refractivity (Wildman–Crippen MR) is 89.9 cm³/mol. The van der Waals surface area contributed by atoms with Crippen molar-refractivity contribution >= 4 is 40.3 Å². The summed E-state index contributed by atoms with van der Waals surface area (Å²) in [5.74, 6) is 0. The van der Waals surface area contributed by atoms with E-state index in [9.17, 15) is 4.79 Å². The summed E-state index contributed by atoms with van der Waals surface area (Å²) in [7, 11) is 0. The van der Waals surface area contributed by atoms with Gasteiger partial charge in [-0.2, -0.15) is 0 Å². The number of imidazole rings is 1. The van der Waals surface area contributed by atoms with E-state index in [1.807, 2.05) is 17.6 Å². The van der Waals surface area contributed by atoms with E-state index >= 15 is 0 Å². The first-order chi connectivity index (χ1) is 11.1. The molecule has 3 rings (SSSR count). The quantitative estimate of drug-likeness (QED) is 0.847. The molecule has 0 bridgehead atoms. The molecular weight excluding hydrogens is 339 g/mol. The molecule has 0 spiro atoms. The first-order valence-corrected chi connectivity index (χ1v) is 8.28. The van der Waals surface area contributed by atoms with Crippen LogP contribution in [0, 0.1) is 0 Å². The van der Waals surface area contributed by atoms with Crippen LogP contribution in [0.2, 0.25) is 10.0 Å². The fourth-order valence-electron chi connectivity index (χ4n) is 2.67. The van der Waals surface area contributed by atoms with Crippen LogP contribution in [0.25, 0.3) is 11.0 Å². The van der Waals surface area contributed by atoms with Crippen molar-refractivity contribution in [2.75, 3.05) is 32.8 Å². The average molecular weight is 357 g/mol. The Hall–Kier alpha value is -1.50. The molecule has 0 radical (unpaired) electrons. The summed E-state index contributed by atoms with van der Waals surface area (Å²) in [6.45, 7) is 5.83. The molecule has 1 amide bonds. The van der Waals surface area contributed by atoms with Gasteiger partial charge in [0.05, 0.1) is 40.7 Å². The lowest BCUT2D eigenvalue weighted by Gasteiger charge is -2.34. The first-order valence-electron chi connectivity index (χ1n) is 7.52. The van der Waals surface area contributed by atoms with Crippen molar-refractivity contribution < 1.29 is 9.53 Å². The van der Waals surface area contributed by atoms with Crippen LogP contribution in [0.4, 0.5) is 4.79 Å². The number of piperazine rings is 1. The minimum atomic E-state index is -0.235. The van der Waals surface area contributed by atoms with Crippen molar-refractivity contribution in [3.05, 3.63) is 28.5 Å². The monoisotopic (exact) mass is 356 g/mol. The van der Waals surface area contributed by atoms with E-state index in [-0.39, 0.29) is 6.09 Å². The van der Waals surface area contributed by atoms with E-state index in [4.69, 9.17) is 27.9 Å². The summed E-state index contributed by atoms with van der Waals surface area (Å²) in [6, 6.07) is 3.61. The Bertz CT molecular complexity index is 711. The van der Waals surface area contributed by atoms with Gasteiger partial charge in [0.25, 0.3) is 0 Å². The van der Waals surface area contributed by atoms with Gasteiger partial charge < -0.3 is 14.2 Å². The molecule has 1 aromatic carbocycles. The second-order valence-corrected chi connectivity index (χ2v) is 6.23. The van der Waals surface area contributed by atoms with Crippen molar-refractivity contribution in [1.82, 2.24) is 19.4 Å². The number of nitrogens with zero attached hydrogens (tertiary/aromatic N) is 4. The fraction of sp³-hybridized carbons (Fsp3) is 0.467. The normalized spacial score (nSPS) is 16.0. The SMILES string of the molecule is CCOC(=O)N1CCN(Cn2cnc3cc(Cl)c(Cl)cc32)CC1. The Balaban J connectivity index is 1.65. The van der Waals surface area contributed by atoms with Gasteiger partial charge >= 0.3 is 6.09 Å². The Labute approximate surface area is 144 Å². The number of amides is 1. The van der Waals surface area contributed by atoms with E-state index < -0.39 is 0 Å². The van der Waals surface area contributed by atoms with Crippen LogP contribution in [-0.4, -0.2) is 58.2 Å². The third kappa shape index (κ3) is 3.54. The maximum atomic E-state index is 11.7. The molecule has 1 saturated heterocycles. The first kappa shape index (κ1) is 16.4. The van der Waals surface area contributed by atoms with E-state index in [1.165, 1.54) is 0 Å². The summed E-state index contributed by atoms with van der Waals surface area (Å²) >= 11 is 12.1. The summed E-state index contributed by atoms with van der Waals surface area (Å²) < 4.78 is 7.07. The van der Waals surface area contributed by atoms with E-state index in [0.29, 0.717) is 36.4 Å². The maximum absolute atomic E-state index is 11.7. The molecule has 124 valence electrons. The second kappa shape index (κ2) is 6.95. The van der Waals surface area contributed by atoms with Crippen LogP contribution in [-0.2, 0) is 11.4 Å². The van der Waals surface area contributed by atoms with E-state index in [2.05, 4.69) is 9.88 Å². The van der Waals surface area contributed by atoms with Crippen LogP contribution < -0.4 is 0 Å². The Kier molecular flexibility index (Phi) is 4.94. The number of hydrogen-bond acceptors (Lipinski definition) is 4. The van der Waals surface area contributed by atoms with E-state index in [0.717, 1.165) is 24.1 Å². The van der Waals surface area contributed by atoms with Crippen LogP contribution in [0.1, 0.15) is 6.92 Å². The molecule has 1 aliphatic heterocycles. The van der Waals surface area contributed by atoms with Gasteiger partial charge in [-0.1, -0.05) is 23.2 Å². The number of carbonyl (C=O) groups excluding carboxylic acids is 1. The molecule has 2 aromatic rings. The van der Waals surface area contributed by atoms with Crippen molar-refractivity contribution in [3.63, 3.8) is 0 Å². The summed E-state index contributed by atoms with van der Waals surface area (Å²) in [4.78, 5) is 20.1. The Morgan fingerprint density at radius 3 is 2.61 bits per heavy atom. The van der Waals surface area contributed by atoms with Gasteiger partial charge in [0.1, 0.15) is 0 Å². The summed E-state index contributed by atoms with van der Waals surface area (Å²) in [5, 5.41) is 1.03. The zero-order valence-corrected chi connectivity index (χ0v) is 14.3. The lowest BCUT2D eigenvalue weighted by molar-refractivity contribution is 0.0714. The molecule has 1 fully saturated rings. The highest BCUT2D eigenvalue weighted by atomic mass is 35.5. The van der Waals surface area contributed by atoms with Crippen LogP contribution in [0.5, 0.6) is 0 Å². The second-order valence-electron chi connectivity index (χ2n) is 5.41. The molecule has 1 aromatic heterocycles. The molecule has 0 unspecified atom stereocenters. The predicted octanol–water partition coefficient (Wildman–Crippen LogP) is 3.07. The highest BCUT2D eigenvalue weighted by molar-refractivity contribution is 6.42. The van der Waals surface area contributed by atoms with E-state index in [1.54, 1.807) is 17.3 Å². The van der Waals surface area contributed by atoms with Crippen molar-refractivity contribution in [2.45, 2.75) is 13.6 Å². The standard InChI is InChI=1S/C15H18Cl2N4O2/c1-2-23-15(22)20-5-3-19(4-6-20)10-21-9-18-13-7-11(16)12(17)8-14(13)21/h7-9H,2-6,10H2,1H3. The lowest BCUT2D eigenvalue weighted by atomic mass is 10.3. The van der Waals surface area contributed by atoms with Gasteiger partial charge in [0.15, 0.2) is 0 Å². The van der Waals surface area contributed by atoms with Gasteiger partial charge in [-0.15, -0.1) is 0 Å². The highest BCUT2D eigenvalue weighted by Gasteiger charge is 2.22. The fourth-order valence-corrected chi connectivity index (χ4v) is 2.98. The number of halogens is 2. The molecule has 0 atom stereocenters. The smallest absolute Gasteiger partial charge is 0.409 e. The van der Waals surface area contributed by atoms with Crippen molar-refractivity contribution in [3.8, 4) is 0 Å². The number of ether oxygens (including phenoxy) is 1. The minimum Gasteiger partial charge on any atom is -0.450 e. The number of carbonyl (C=O) groups is 1. The molecular formula is C15H18Cl2N4O2. The zero-order chi connectivity index (χ0) is 16.4. The molecule has 0 aliphatic carbocycles. The van der Waals surface area contributed by atoms with Gasteiger partial charge in [0.2, 0.25) is 0 Å². The number of fused-ring (bicyclic) bond motifs is 1. The van der Waals surface area contributed by atoms with Crippen molar-refractivity contribution in [2.24, 2.45) is 0 Å².